The van der Waals surface area contributed by atoms with Gasteiger partial charge in [-0.2, -0.15) is 0 Å². The Bertz CT molecular complexity index is 574. The molecular weight excluding hydrogens is 284 g/mol. The maximum Gasteiger partial charge on any atom is 0.124 e. The Labute approximate surface area is 131 Å². The first-order valence-corrected chi connectivity index (χ1v) is 7.71. The molecule has 112 valence electrons. The van der Waals surface area contributed by atoms with Crippen molar-refractivity contribution >= 4 is 11.6 Å². The quantitative estimate of drug-likeness (QED) is 0.831. The Kier molecular flexibility index (Phi) is 6.03. The van der Waals surface area contributed by atoms with E-state index < -0.39 is 0 Å². The molecule has 1 N–H and O–H groups in total. The minimum Gasteiger partial charge on any atom is -0.493 e. The molecule has 21 heavy (non-hydrogen) atoms. The zero-order valence-electron chi connectivity index (χ0n) is 12.5. The van der Waals surface area contributed by atoms with Gasteiger partial charge < -0.3 is 10.1 Å². The number of halogens is 1. The summed E-state index contributed by atoms with van der Waals surface area (Å²) in [4.78, 5) is 4.44. The van der Waals surface area contributed by atoms with E-state index in [1.54, 1.807) is 6.20 Å². The molecule has 0 aliphatic rings. The smallest absolute Gasteiger partial charge is 0.124 e. The van der Waals surface area contributed by atoms with E-state index in [0.717, 1.165) is 30.0 Å². The highest BCUT2D eigenvalue weighted by atomic mass is 35.5. The Balaban J connectivity index is 2.41. The number of benzene rings is 1. The fraction of sp³-hybridized carbons (Fsp3) is 0.353. The summed E-state index contributed by atoms with van der Waals surface area (Å²) in [5.41, 5.74) is 1.89. The molecule has 0 saturated carbocycles. The lowest BCUT2D eigenvalue weighted by Crippen LogP contribution is -2.24. The minimum absolute atomic E-state index is 0.0724. The predicted octanol–water partition coefficient (Wildman–Crippen LogP) is 4.22. The lowest BCUT2D eigenvalue weighted by molar-refractivity contribution is 0.311. The van der Waals surface area contributed by atoms with Crippen LogP contribution in [0.4, 0.5) is 0 Å². The van der Waals surface area contributed by atoms with Crippen molar-refractivity contribution in [3.8, 4) is 5.75 Å². The molecule has 0 radical (unpaired) electrons. The highest BCUT2D eigenvalue weighted by molar-refractivity contribution is 6.31. The number of hydrogen-bond acceptors (Lipinski definition) is 3. The molecule has 1 atom stereocenters. The second-order valence-corrected chi connectivity index (χ2v) is 5.15. The second kappa shape index (κ2) is 8.01. The van der Waals surface area contributed by atoms with Crippen LogP contribution in [0.1, 0.15) is 37.6 Å². The van der Waals surface area contributed by atoms with Gasteiger partial charge in [0.1, 0.15) is 5.75 Å². The maximum atomic E-state index is 6.32. The van der Waals surface area contributed by atoms with E-state index in [0.29, 0.717) is 11.6 Å². The highest BCUT2D eigenvalue weighted by Crippen LogP contribution is 2.32. The number of rotatable bonds is 7. The van der Waals surface area contributed by atoms with Crippen molar-refractivity contribution in [3.05, 3.63) is 58.9 Å². The zero-order valence-corrected chi connectivity index (χ0v) is 13.2. The average molecular weight is 305 g/mol. The van der Waals surface area contributed by atoms with Crippen LogP contribution >= 0.6 is 11.6 Å². The SMILES string of the molecule is CCCOc1ccccc1C(NCC)c1ncccc1Cl. The summed E-state index contributed by atoms with van der Waals surface area (Å²) in [5.74, 6) is 0.881. The van der Waals surface area contributed by atoms with Gasteiger partial charge in [0.2, 0.25) is 0 Å². The van der Waals surface area contributed by atoms with Gasteiger partial charge in [-0.05, 0) is 31.2 Å². The molecular formula is C17H21ClN2O. The van der Waals surface area contributed by atoms with Crippen molar-refractivity contribution in [1.29, 1.82) is 0 Å². The van der Waals surface area contributed by atoms with Crippen molar-refractivity contribution in [2.45, 2.75) is 26.3 Å². The van der Waals surface area contributed by atoms with Gasteiger partial charge in [-0.15, -0.1) is 0 Å². The molecule has 0 bridgehead atoms. The van der Waals surface area contributed by atoms with Gasteiger partial charge in [0.25, 0.3) is 0 Å². The highest BCUT2D eigenvalue weighted by Gasteiger charge is 2.20. The van der Waals surface area contributed by atoms with Gasteiger partial charge in [-0.1, -0.05) is 43.6 Å². The Morgan fingerprint density at radius 2 is 2.00 bits per heavy atom. The van der Waals surface area contributed by atoms with Crippen LogP contribution in [0.3, 0.4) is 0 Å². The summed E-state index contributed by atoms with van der Waals surface area (Å²) in [6, 6.07) is 11.7. The molecule has 0 spiro atoms. The standard InChI is InChI=1S/C17H21ClN2O/c1-3-12-21-15-10-6-5-8-13(15)16(19-4-2)17-14(18)9-7-11-20-17/h5-11,16,19H,3-4,12H2,1-2H3. The molecule has 1 unspecified atom stereocenters. The summed E-state index contributed by atoms with van der Waals surface area (Å²) in [6.07, 6.45) is 2.74. The number of para-hydroxylation sites is 1. The molecule has 0 aliphatic carbocycles. The summed E-state index contributed by atoms with van der Waals surface area (Å²) < 4.78 is 5.86. The van der Waals surface area contributed by atoms with Crippen molar-refractivity contribution < 1.29 is 4.74 Å². The van der Waals surface area contributed by atoms with Crippen LogP contribution in [0.15, 0.2) is 42.6 Å². The van der Waals surface area contributed by atoms with Crippen molar-refractivity contribution in [2.24, 2.45) is 0 Å². The van der Waals surface area contributed by atoms with Crippen LogP contribution in [-0.4, -0.2) is 18.1 Å². The topological polar surface area (TPSA) is 34.1 Å². The number of nitrogens with one attached hydrogen (secondary N) is 1. The Morgan fingerprint density at radius 1 is 1.19 bits per heavy atom. The molecule has 0 fully saturated rings. The summed E-state index contributed by atoms with van der Waals surface area (Å²) in [7, 11) is 0. The molecule has 2 rings (SSSR count). The van der Waals surface area contributed by atoms with E-state index in [1.807, 2.05) is 30.3 Å². The van der Waals surface area contributed by atoms with Crippen molar-refractivity contribution in [2.75, 3.05) is 13.2 Å². The summed E-state index contributed by atoms with van der Waals surface area (Å²) in [6.45, 7) is 5.69. The predicted molar refractivity (Wildman–Crippen MR) is 87.0 cm³/mol. The molecule has 2 aromatic rings. The van der Waals surface area contributed by atoms with Crippen LogP contribution in [0.2, 0.25) is 5.02 Å². The van der Waals surface area contributed by atoms with Crippen LogP contribution < -0.4 is 10.1 Å². The van der Waals surface area contributed by atoms with Crippen LogP contribution in [0.5, 0.6) is 5.75 Å². The second-order valence-electron chi connectivity index (χ2n) is 4.75. The van der Waals surface area contributed by atoms with Gasteiger partial charge in [0, 0.05) is 11.8 Å². The third-order valence-corrected chi connectivity index (χ3v) is 3.48. The third kappa shape index (κ3) is 3.96. The fourth-order valence-electron chi connectivity index (χ4n) is 2.23. The number of ether oxygens (including phenoxy) is 1. The Hall–Kier alpha value is -1.58. The van der Waals surface area contributed by atoms with Gasteiger partial charge in [0.05, 0.1) is 23.4 Å². The fourth-order valence-corrected chi connectivity index (χ4v) is 2.46. The molecule has 1 heterocycles. The normalized spacial score (nSPS) is 12.1. The van der Waals surface area contributed by atoms with E-state index in [2.05, 4.69) is 30.2 Å². The van der Waals surface area contributed by atoms with Crippen LogP contribution in [0.25, 0.3) is 0 Å². The van der Waals surface area contributed by atoms with Crippen molar-refractivity contribution in [3.63, 3.8) is 0 Å². The number of hydrogen-bond donors (Lipinski definition) is 1. The lowest BCUT2D eigenvalue weighted by atomic mass is 10.0. The van der Waals surface area contributed by atoms with Gasteiger partial charge >= 0.3 is 0 Å². The largest absolute Gasteiger partial charge is 0.493 e. The summed E-state index contributed by atoms with van der Waals surface area (Å²) in [5, 5.41) is 4.11. The van der Waals surface area contributed by atoms with Gasteiger partial charge in [0.15, 0.2) is 0 Å². The molecule has 3 nitrogen and oxygen atoms in total. The van der Waals surface area contributed by atoms with E-state index >= 15 is 0 Å². The molecule has 1 aromatic carbocycles. The van der Waals surface area contributed by atoms with E-state index in [-0.39, 0.29) is 6.04 Å². The maximum absolute atomic E-state index is 6.32. The first-order chi connectivity index (χ1) is 10.3. The lowest BCUT2D eigenvalue weighted by Gasteiger charge is -2.21. The van der Waals surface area contributed by atoms with Crippen LogP contribution in [0, 0.1) is 0 Å². The zero-order chi connectivity index (χ0) is 15.1. The molecule has 1 aromatic heterocycles. The molecule has 0 amide bonds. The Morgan fingerprint density at radius 3 is 2.71 bits per heavy atom. The first kappa shape index (κ1) is 15.8. The van der Waals surface area contributed by atoms with Gasteiger partial charge in [-0.3, -0.25) is 4.98 Å². The minimum atomic E-state index is -0.0724. The third-order valence-electron chi connectivity index (χ3n) is 3.16. The monoisotopic (exact) mass is 304 g/mol. The van der Waals surface area contributed by atoms with E-state index in [4.69, 9.17) is 16.3 Å². The van der Waals surface area contributed by atoms with E-state index in [1.165, 1.54) is 0 Å². The molecule has 0 aliphatic heterocycles. The number of pyridine rings is 1. The van der Waals surface area contributed by atoms with Gasteiger partial charge in [-0.25, -0.2) is 0 Å². The van der Waals surface area contributed by atoms with Crippen LogP contribution in [-0.2, 0) is 0 Å². The summed E-state index contributed by atoms with van der Waals surface area (Å²) >= 11 is 6.32. The first-order valence-electron chi connectivity index (χ1n) is 7.33. The van der Waals surface area contributed by atoms with E-state index in [9.17, 15) is 0 Å². The molecule has 4 heteroatoms. The number of aromatic nitrogens is 1. The molecule has 0 saturated heterocycles. The average Bonchev–Trinajstić information content (AvgIpc) is 2.52. The van der Waals surface area contributed by atoms with Crippen molar-refractivity contribution in [1.82, 2.24) is 10.3 Å². The number of nitrogens with zero attached hydrogens (tertiary/aromatic N) is 1.